The third-order valence-electron chi connectivity index (χ3n) is 8.44. The molecule has 0 radical (unpaired) electrons. The predicted molar refractivity (Wildman–Crippen MR) is 157 cm³/mol. The fourth-order valence-electron chi connectivity index (χ4n) is 5.97. The number of nitrogens with one attached hydrogen (secondary N) is 3. The number of halogens is 4. The van der Waals surface area contributed by atoms with Gasteiger partial charge in [-0.1, -0.05) is 17.5 Å². The van der Waals surface area contributed by atoms with Gasteiger partial charge in [-0.05, 0) is 30.0 Å². The van der Waals surface area contributed by atoms with Gasteiger partial charge in [0.2, 0.25) is 0 Å². The van der Waals surface area contributed by atoms with Gasteiger partial charge in [-0.3, -0.25) is 14.3 Å². The maximum atomic E-state index is 13.7. The standard InChI is InChI=1S/C29H29ClF3N9O3/c1-3-6-42-15-20(24(38-42)29(31,32)33)22-14-35-25(39(22)2)26(43)36-16-4-5-17(21(30)11-16)27(44)40-7-9-41(10-8-40)28(45)37-23-18-12-34-13-19(18)23/h1,4-5,11,14-15,18-19,23,34H,6-10,12-13H2,2H3,(H,36,43)(H,37,45)/t18-,19+,23?. The highest BCUT2D eigenvalue weighted by molar-refractivity contribution is 6.34. The van der Waals surface area contributed by atoms with Crippen LogP contribution in [-0.4, -0.2) is 92.3 Å². The van der Waals surface area contributed by atoms with Crippen molar-refractivity contribution < 1.29 is 27.6 Å². The molecule has 0 spiro atoms. The molecule has 2 aliphatic heterocycles. The van der Waals surface area contributed by atoms with Crippen LogP contribution >= 0.6 is 11.6 Å². The maximum Gasteiger partial charge on any atom is 0.435 e. The number of terminal acetylenes is 1. The molecule has 3 aliphatic rings. The van der Waals surface area contributed by atoms with Crippen LogP contribution < -0.4 is 16.0 Å². The number of alkyl halides is 3. The van der Waals surface area contributed by atoms with E-state index in [1.807, 2.05) is 0 Å². The summed E-state index contributed by atoms with van der Waals surface area (Å²) >= 11 is 6.44. The van der Waals surface area contributed by atoms with Crippen LogP contribution in [0.2, 0.25) is 5.02 Å². The van der Waals surface area contributed by atoms with Crippen molar-refractivity contribution in [1.82, 2.24) is 39.8 Å². The largest absolute Gasteiger partial charge is 0.435 e. The molecule has 12 nitrogen and oxygen atoms in total. The zero-order valence-corrected chi connectivity index (χ0v) is 24.8. The van der Waals surface area contributed by atoms with E-state index in [0.29, 0.717) is 38.0 Å². The minimum atomic E-state index is -4.76. The van der Waals surface area contributed by atoms with Gasteiger partial charge in [-0.2, -0.15) is 18.3 Å². The first-order valence-corrected chi connectivity index (χ1v) is 14.6. The lowest BCUT2D eigenvalue weighted by molar-refractivity contribution is -0.141. The van der Waals surface area contributed by atoms with Gasteiger partial charge in [0.25, 0.3) is 11.8 Å². The van der Waals surface area contributed by atoms with Crippen LogP contribution in [0.5, 0.6) is 0 Å². The van der Waals surface area contributed by atoms with E-state index >= 15 is 0 Å². The Hall–Kier alpha value is -4.55. The predicted octanol–water partition coefficient (Wildman–Crippen LogP) is 2.53. The lowest BCUT2D eigenvalue weighted by Gasteiger charge is -2.35. The van der Waals surface area contributed by atoms with E-state index in [2.05, 4.69) is 32.0 Å². The molecule has 3 fully saturated rings. The monoisotopic (exact) mass is 643 g/mol. The fourth-order valence-corrected chi connectivity index (χ4v) is 6.23. The van der Waals surface area contributed by atoms with Gasteiger partial charge in [0.15, 0.2) is 11.5 Å². The number of hydrogen-bond acceptors (Lipinski definition) is 6. The molecule has 4 amide bonds. The average Bonchev–Trinajstić information content (AvgIpc) is 3.43. The summed E-state index contributed by atoms with van der Waals surface area (Å²) in [4.78, 5) is 46.3. The average molecular weight is 644 g/mol. The second-order valence-corrected chi connectivity index (χ2v) is 11.6. The number of urea groups is 1. The second-order valence-electron chi connectivity index (χ2n) is 11.2. The van der Waals surface area contributed by atoms with Crippen molar-refractivity contribution in [2.24, 2.45) is 18.9 Å². The first-order valence-electron chi connectivity index (χ1n) is 14.2. The summed E-state index contributed by atoms with van der Waals surface area (Å²) in [7, 11) is 1.41. The van der Waals surface area contributed by atoms with E-state index < -0.39 is 17.8 Å². The van der Waals surface area contributed by atoms with Gasteiger partial charge in [0, 0.05) is 64.2 Å². The summed E-state index contributed by atoms with van der Waals surface area (Å²) in [6.07, 6.45) is 2.77. The van der Waals surface area contributed by atoms with Crippen molar-refractivity contribution in [1.29, 1.82) is 0 Å². The number of imidazole rings is 1. The Morgan fingerprint density at radius 1 is 1.13 bits per heavy atom. The molecule has 1 aliphatic carbocycles. The Morgan fingerprint density at radius 3 is 2.47 bits per heavy atom. The fraction of sp³-hybridized carbons (Fsp3) is 0.414. The van der Waals surface area contributed by atoms with Crippen LogP contribution in [-0.2, 0) is 19.8 Å². The van der Waals surface area contributed by atoms with E-state index in [0.717, 1.165) is 30.2 Å². The van der Waals surface area contributed by atoms with Crippen molar-refractivity contribution in [2.75, 3.05) is 44.6 Å². The highest BCUT2D eigenvalue weighted by Crippen LogP contribution is 2.41. The molecule has 4 heterocycles. The summed E-state index contributed by atoms with van der Waals surface area (Å²) in [6.45, 7) is 3.17. The minimum absolute atomic E-state index is 0.0136. The number of carbonyl (C=O) groups is 3. The van der Waals surface area contributed by atoms with Gasteiger partial charge >= 0.3 is 12.2 Å². The quantitative estimate of drug-likeness (QED) is 0.354. The Labute approximate surface area is 260 Å². The van der Waals surface area contributed by atoms with Crippen LogP contribution in [0, 0.1) is 24.2 Å². The van der Waals surface area contributed by atoms with E-state index in [9.17, 15) is 27.6 Å². The number of anilines is 1. The molecule has 2 aromatic heterocycles. The third kappa shape index (κ3) is 5.95. The SMILES string of the molecule is C#CCn1cc(-c2cnc(C(=O)Nc3ccc(C(=O)N4CCN(C(=O)NC5[C@H]6CNC[C@@H]56)CC4)c(Cl)c3)n2C)c(C(F)(F)F)n1. The highest BCUT2D eigenvalue weighted by atomic mass is 35.5. The Bertz CT molecular complexity index is 1690. The summed E-state index contributed by atoms with van der Waals surface area (Å²) < 4.78 is 43.2. The van der Waals surface area contributed by atoms with Crippen LogP contribution in [0.15, 0.2) is 30.6 Å². The zero-order valence-electron chi connectivity index (χ0n) is 24.1. The molecular formula is C29H29ClF3N9O3. The van der Waals surface area contributed by atoms with Gasteiger partial charge in [-0.25, -0.2) is 9.78 Å². The minimum Gasteiger partial charge on any atom is -0.335 e. The highest BCUT2D eigenvalue weighted by Gasteiger charge is 2.54. The molecule has 2 saturated heterocycles. The number of hydrogen-bond donors (Lipinski definition) is 3. The molecule has 1 aromatic carbocycles. The zero-order chi connectivity index (χ0) is 32.0. The topological polar surface area (TPSA) is 129 Å². The van der Waals surface area contributed by atoms with Crippen LogP contribution in [0.3, 0.4) is 0 Å². The van der Waals surface area contributed by atoms with Crippen molar-refractivity contribution in [3.8, 4) is 23.6 Å². The second kappa shape index (κ2) is 11.8. The van der Waals surface area contributed by atoms with Crippen molar-refractivity contribution in [3.05, 3.63) is 52.7 Å². The number of rotatable bonds is 6. The summed E-state index contributed by atoms with van der Waals surface area (Å²) in [5, 5.41) is 12.7. The van der Waals surface area contributed by atoms with Crippen LogP contribution in [0.25, 0.3) is 11.3 Å². The first kappa shape index (κ1) is 30.5. The molecule has 6 rings (SSSR count). The van der Waals surface area contributed by atoms with Crippen LogP contribution in [0.4, 0.5) is 23.7 Å². The summed E-state index contributed by atoms with van der Waals surface area (Å²) in [5.74, 6) is 2.08. The number of amides is 4. The number of carbonyl (C=O) groups excluding carboxylic acids is 3. The maximum absolute atomic E-state index is 13.7. The molecular weight excluding hydrogens is 615 g/mol. The molecule has 45 heavy (non-hydrogen) atoms. The lowest BCUT2D eigenvalue weighted by Crippen LogP contribution is -2.54. The lowest BCUT2D eigenvalue weighted by atomic mass is 10.1. The third-order valence-corrected chi connectivity index (χ3v) is 8.76. The number of aromatic nitrogens is 4. The van der Waals surface area contributed by atoms with Gasteiger partial charge in [0.05, 0.1) is 28.0 Å². The van der Waals surface area contributed by atoms with E-state index in [-0.39, 0.29) is 57.9 Å². The van der Waals surface area contributed by atoms with Gasteiger partial charge in [-0.15, -0.1) is 6.42 Å². The molecule has 3 aromatic rings. The molecule has 16 heteroatoms. The first-order chi connectivity index (χ1) is 21.5. The molecule has 1 unspecified atom stereocenters. The Balaban J connectivity index is 1.08. The van der Waals surface area contributed by atoms with Crippen molar-refractivity contribution in [3.63, 3.8) is 0 Å². The summed E-state index contributed by atoms with van der Waals surface area (Å²) in [6, 6.07) is 4.50. The van der Waals surface area contributed by atoms with E-state index in [1.165, 1.54) is 29.8 Å². The van der Waals surface area contributed by atoms with E-state index in [4.69, 9.17) is 18.0 Å². The van der Waals surface area contributed by atoms with Crippen LogP contribution in [0.1, 0.15) is 26.7 Å². The molecule has 3 atom stereocenters. The Kier molecular flexibility index (Phi) is 7.96. The number of piperidine rings is 1. The number of fused-ring (bicyclic) bond motifs is 1. The van der Waals surface area contributed by atoms with Crippen molar-refractivity contribution in [2.45, 2.75) is 18.8 Å². The Morgan fingerprint density at radius 2 is 1.82 bits per heavy atom. The number of nitrogens with zero attached hydrogens (tertiary/aromatic N) is 6. The molecule has 1 saturated carbocycles. The van der Waals surface area contributed by atoms with Gasteiger partial charge < -0.3 is 30.3 Å². The molecule has 0 bridgehead atoms. The molecule has 236 valence electrons. The van der Waals surface area contributed by atoms with E-state index in [1.54, 1.807) is 9.80 Å². The van der Waals surface area contributed by atoms with Gasteiger partial charge in [0.1, 0.15) is 6.54 Å². The normalized spacial score (nSPS) is 20.8. The number of piperazine rings is 1. The van der Waals surface area contributed by atoms with Crippen molar-refractivity contribution >= 4 is 35.1 Å². The molecule has 3 N–H and O–H groups in total. The number of benzene rings is 1. The summed E-state index contributed by atoms with van der Waals surface area (Å²) in [5.41, 5.74) is -0.927. The smallest absolute Gasteiger partial charge is 0.335 e.